The molecule has 13 heteroatoms. The minimum Gasteiger partial charge on any atom is -0.463 e. The second-order valence-electron chi connectivity index (χ2n) is 8.47. The van der Waals surface area contributed by atoms with Crippen molar-refractivity contribution in [2.24, 2.45) is 4.99 Å². The number of benzene rings is 2. The van der Waals surface area contributed by atoms with Crippen LogP contribution < -0.4 is 14.9 Å². The number of nitro benzene ring substituents is 1. The van der Waals surface area contributed by atoms with Crippen molar-refractivity contribution in [1.29, 1.82) is 0 Å². The van der Waals surface area contributed by atoms with Gasteiger partial charge in [-0.3, -0.25) is 19.5 Å². The third kappa shape index (κ3) is 5.33. The Hall–Kier alpha value is -4.49. The number of nitrogens with zero attached hydrogens (tertiary/aromatic N) is 5. The zero-order valence-electron chi connectivity index (χ0n) is 21.1. The van der Waals surface area contributed by atoms with Gasteiger partial charge < -0.3 is 4.74 Å². The van der Waals surface area contributed by atoms with Crippen LogP contribution in [0, 0.1) is 15.9 Å². The fraction of sp³-hybridized carbons (Fsp3) is 0.148. The largest absolute Gasteiger partial charge is 0.463 e. The van der Waals surface area contributed by atoms with E-state index in [1.165, 1.54) is 41.0 Å². The van der Waals surface area contributed by atoms with E-state index in [4.69, 9.17) is 4.74 Å². The predicted molar refractivity (Wildman–Crippen MR) is 146 cm³/mol. The van der Waals surface area contributed by atoms with Crippen LogP contribution in [0.5, 0.6) is 0 Å². The topological polar surface area (TPSA) is 130 Å². The van der Waals surface area contributed by atoms with Gasteiger partial charge in [-0.05, 0) is 67.1 Å². The summed E-state index contributed by atoms with van der Waals surface area (Å²) in [6.07, 6.45) is 4.63. The molecular formula is C27H20FN5O5S2. The van der Waals surface area contributed by atoms with E-state index >= 15 is 0 Å². The number of fused-ring (bicyclic) bond motifs is 1. The van der Waals surface area contributed by atoms with E-state index < -0.39 is 28.3 Å². The molecule has 0 spiro atoms. The van der Waals surface area contributed by atoms with E-state index in [1.54, 1.807) is 44.4 Å². The van der Waals surface area contributed by atoms with Gasteiger partial charge in [-0.1, -0.05) is 29.5 Å². The number of halogens is 1. The second kappa shape index (κ2) is 11.3. The number of thiazole rings is 1. The Bertz CT molecular complexity index is 1840. The summed E-state index contributed by atoms with van der Waals surface area (Å²) in [5.41, 5.74) is 0.865. The van der Waals surface area contributed by atoms with E-state index in [2.05, 4.69) is 15.0 Å². The summed E-state index contributed by atoms with van der Waals surface area (Å²) in [5, 5.41) is 12.2. The van der Waals surface area contributed by atoms with Gasteiger partial charge in [-0.2, -0.15) is 0 Å². The lowest BCUT2D eigenvalue weighted by atomic mass is 9.96. The number of hydrogen-bond acceptors (Lipinski definition) is 10. The molecule has 0 saturated heterocycles. The first-order valence-electron chi connectivity index (χ1n) is 11.9. The van der Waals surface area contributed by atoms with Crippen LogP contribution in [0.2, 0.25) is 0 Å². The van der Waals surface area contributed by atoms with E-state index in [-0.39, 0.29) is 22.4 Å². The van der Waals surface area contributed by atoms with Gasteiger partial charge in [0.1, 0.15) is 5.82 Å². The van der Waals surface area contributed by atoms with Crippen molar-refractivity contribution < 1.29 is 18.8 Å². The van der Waals surface area contributed by atoms with Gasteiger partial charge in [-0.25, -0.2) is 24.1 Å². The number of carbonyl (C=O) groups is 1. The van der Waals surface area contributed by atoms with Gasteiger partial charge in [0.2, 0.25) is 0 Å². The maximum absolute atomic E-state index is 13.7. The first-order chi connectivity index (χ1) is 19.3. The zero-order chi connectivity index (χ0) is 28.4. The molecule has 1 aliphatic heterocycles. The SMILES string of the molecule is CCOC(=O)C1=C(C)N=c2s/c(=C/c3ccc(Sc4ncccn4)c([N+](=O)[O-])c3)c(=O)n2[C@H]1c1ccc(F)cc1. The molecule has 0 saturated carbocycles. The first kappa shape index (κ1) is 27.1. The fourth-order valence-electron chi connectivity index (χ4n) is 4.19. The maximum atomic E-state index is 13.7. The number of rotatable bonds is 7. The number of hydrogen-bond donors (Lipinski definition) is 0. The van der Waals surface area contributed by atoms with Crippen LogP contribution in [0.15, 0.2) is 92.0 Å². The van der Waals surface area contributed by atoms with Crippen molar-refractivity contribution in [3.8, 4) is 0 Å². The Morgan fingerprint density at radius 2 is 1.95 bits per heavy atom. The number of esters is 1. The molecule has 0 N–H and O–H groups in total. The Morgan fingerprint density at radius 1 is 1.23 bits per heavy atom. The highest BCUT2D eigenvalue weighted by Crippen LogP contribution is 2.34. The Labute approximate surface area is 234 Å². The number of allylic oxidation sites excluding steroid dienone is 1. The molecule has 3 heterocycles. The Kier molecular flexibility index (Phi) is 7.67. The van der Waals surface area contributed by atoms with Crippen LogP contribution >= 0.6 is 23.1 Å². The normalized spacial score (nSPS) is 15.0. The highest BCUT2D eigenvalue weighted by Gasteiger charge is 2.33. The monoisotopic (exact) mass is 577 g/mol. The third-order valence-corrected chi connectivity index (χ3v) is 7.87. The molecule has 0 amide bonds. The smallest absolute Gasteiger partial charge is 0.338 e. The summed E-state index contributed by atoms with van der Waals surface area (Å²) in [6, 6.07) is 10.9. The van der Waals surface area contributed by atoms with Crippen molar-refractivity contribution in [2.75, 3.05) is 6.61 Å². The van der Waals surface area contributed by atoms with Gasteiger partial charge in [0.15, 0.2) is 9.96 Å². The number of nitro groups is 1. The van der Waals surface area contributed by atoms with Gasteiger partial charge in [-0.15, -0.1) is 0 Å². The van der Waals surface area contributed by atoms with Crippen molar-refractivity contribution in [2.45, 2.75) is 29.9 Å². The lowest BCUT2D eigenvalue weighted by Crippen LogP contribution is -2.39. The van der Waals surface area contributed by atoms with Crippen LogP contribution in [-0.4, -0.2) is 32.0 Å². The highest BCUT2D eigenvalue weighted by atomic mass is 32.2. The maximum Gasteiger partial charge on any atom is 0.338 e. The first-order valence-corrected chi connectivity index (χ1v) is 13.6. The second-order valence-corrected chi connectivity index (χ2v) is 10.5. The van der Waals surface area contributed by atoms with E-state index in [9.17, 15) is 24.1 Å². The summed E-state index contributed by atoms with van der Waals surface area (Å²) < 4.78 is 20.6. The molecule has 0 aliphatic carbocycles. The van der Waals surface area contributed by atoms with Crippen LogP contribution in [0.3, 0.4) is 0 Å². The Morgan fingerprint density at radius 3 is 2.62 bits per heavy atom. The van der Waals surface area contributed by atoms with Crippen molar-refractivity contribution in [3.63, 3.8) is 0 Å². The average Bonchev–Trinajstić information content (AvgIpc) is 3.23. The molecule has 1 atom stereocenters. The molecule has 0 unspecified atom stereocenters. The molecule has 0 radical (unpaired) electrons. The lowest BCUT2D eigenvalue weighted by molar-refractivity contribution is -0.387. The minimum absolute atomic E-state index is 0.125. The third-order valence-electron chi connectivity index (χ3n) is 5.92. The molecule has 0 fully saturated rings. The van der Waals surface area contributed by atoms with Crippen molar-refractivity contribution in [3.05, 3.63) is 119 Å². The number of ether oxygens (including phenoxy) is 1. The summed E-state index contributed by atoms with van der Waals surface area (Å²) in [5.74, 6) is -1.09. The minimum atomic E-state index is -0.892. The summed E-state index contributed by atoms with van der Waals surface area (Å²) >= 11 is 2.14. The molecule has 40 heavy (non-hydrogen) atoms. The van der Waals surface area contributed by atoms with Crippen LogP contribution in [0.1, 0.15) is 31.0 Å². The van der Waals surface area contributed by atoms with Crippen molar-refractivity contribution in [1.82, 2.24) is 14.5 Å². The molecule has 2 aromatic carbocycles. The fourth-order valence-corrected chi connectivity index (χ4v) is 6.04. The molecule has 4 aromatic rings. The molecule has 5 rings (SSSR count). The number of aromatic nitrogens is 3. The summed E-state index contributed by atoms with van der Waals surface area (Å²) in [7, 11) is 0. The zero-order valence-corrected chi connectivity index (χ0v) is 22.7. The molecule has 10 nitrogen and oxygen atoms in total. The average molecular weight is 578 g/mol. The van der Waals surface area contributed by atoms with Crippen LogP contribution in [0.4, 0.5) is 10.1 Å². The lowest BCUT2D eigenvalue weighted by Gasteiger charge is -2.24. The standard InChI is InChI=1S/C27H20FN5O5S2/c1-3-38-25(35)22-15(2)31-27-32(23(22)17-6-8-18(28)9-7-17)24(34)21(40-27)14-16-5-10-20(19(13-16)33(36)37)39-26-29-11-4-12-30-26/h4-14,23H,3H2,1-2H3/b21-14+/t23-/m0/s1. The summed E-state index contributed by atoms with van der Waals surface area (Å²) in [6.45, 7) is 3.45. The molecule has 0 bridgehead atoms. The van der Waals surface area contributed by atoms with Crippen molar-refractivity contribution >= 4 is 40.8 Å². The van der Waals surface area contributed by atoms with Gasteiger partial charge in [0, 0.05) is 18.5 Å². The summed E-state index contributed by atoms with van der Waals surface area (Å²) in [4.78, 5) is 51.3. The van der Waals surface area contributed by atoms with Gasteiger partial charge >= 0.3 is 5.97 Å². The van der Waals surface area contributed by atoms with Crippen LogP contribution in [-0.2, 0) is 9.53 Å². The number of carbonyl (C=O) groups excluding carboxylic acids is 1. The van der Waals surface area contributed by atoms with Gasteiger partial charge in [0.05, 0.1) is 38.3 Å². The van der Waals surface area contributed by atoms with E-state index in [0.717, 1.165) is 23.1 Å². The van der Waals surface area contributed by atoms with E-state index in [0.29, 0.717) is 31.7 Å². The molecule has 2 aromatic heterocycles. The van der Waals surface area contributed by atoms with E-state index in [1.807, 2.05) is 0 Å². The Balaban J connectivity index is 1.62. The highest BCUT2D eigenvalue weighted by molar-refractivity contribution is 7.99. The van der Waals surface area contributed by atoms with Crippen LogP contribution in [0.25, 0.3) is 6.08 Å². The molecule has 1 aliphatic rings. The van der Waals surface area contributed by atoms with Gasteiger partial charge in [0.25, 0.3) is 11.2 Å². The molecule has 202 valence electrons. The predicted octanol–water partition coefficient (Wildman–Crippen LogP) is 3.79. The quantitative estimate of drug-likeness (QED) is 0.140. The molecular weight excluding hydrogens is 557 g/mol.